The molecule has 4 unspecified atom stereocenters. The van der Waals surface area contributed by atoms with Gasteiger partial charge in [0.2, 0.25) is 0 Å². The van der Waals surface area contributed by atoms with E-state index in [-0.39, 0.29) is 38.2 Å². The molecule has 27 heavy (non-hydrogen) atoms. The zero-order valence-corrected chi connectivity index (χ0v) is 17.4. The largest absolute Gasteiger partial charge is 0.518 e. The Morgan fingerprint density at radius 3 is 2.44 bits per heavy atom. The number of hydrogen-bond acceptors (Lipinski definition) is 4. The molecule has 1 aromatic carbocycles. The van der Waals surface area contributed by atoms with Gasteiger partial charge >= 0.3 is 0 Å². The van der Waals surface area contributed by atoms with Gasteiger partial charge < -0.3 is 19.6 Å². The van der Waals surface area contributed by atoms with Crippen LogP contribution in [0.5, 0.6) is 0 Å². The molecule has 1 radical (unpaired) electrons. The number of para-hydroxylation sites is 1. The van der Waals surface area contributed by atoms with Crippen LogP contribution in [0.3, 0.4) is 0 Å². The van der Waals surface area contributed by atoms with Gasteiger partial charge in [0.1, 0.15) is 0 Å². The van der Waals surface area contributed by atoms with Gasteiger partial charge in [-0.25, -0.2) is 0 Å². The number of nitrogens with zero attached hydrogens (tertiary/aromatic N) is 1. The van der Waals surface area contributed by atoms with Crippen molar-refractivity contribution < 1.29 is 34.7 Å². The maximum Gasteiger partial charge on any atom is 0.0595 e. The third-order valence-electron chi connectivity index (χ3n) is 5.59. The topological polar surface area (TPSA) is 66.5 Å². The third-order valence-corrected chi connectivity index (χ3v) is 5.59. The van der Waals surface area contributed by atoms with E-state index in [1.165, 1.54) is 6.42 Å². The minimum absolute atomic E-state index is 0. The minimum atomic E-state index is -0.216. The number of aliphatic hydroxyl groups is 2. The second-order valence-corrected chi connectivity index (χ2v) is 7.25. The Morgan fingerprint density at radius 2 is 1.70 bits per heavy atom. The van der Waals surface area contributed by atoms with E-state index in [0.29, 0.717) is 11.7 Å². The van der Waals surface area contributed by atoms with Crippen LogP contribution in [0.1, 0.15) is 32.1 Å². The summed E-state index contributed by atoms with van der Waals surface area (Å²) in [6, 6.07) is 16.7. The first-order valence-electron chi connectivity index (χ1n) is 9.41. The fourth-order valence-corrected chi connectivity index (χ4v) is 4.30. The summed E-state index contributed by atoms with van der Waals surface area (Å²) in [5.74, 6) is 1.52. The average molecular weight is 543 g/mol. The molecular weight excluding hydrogens is 518 g/mol. The van der Waals surface area contributed by atoms with Crippen molar-refractivity contribution in [3.8, 4) is 11.5 Å². The molecule has 2 aliphatic rings. The zero-order chi connectivity index (χ0) is 17.9. The quantitative estimate of drug-likeness (QED) is 0.453. The molecule has 5 heteroatoms. The molecule has 2 aromatic heterocycles. The predicted octanol–water partition coefficient (Wildman–Crippen LogP) is 4.21. The molecule has 2 aliphatic carbocycles. The number of benzene rings is 1. The first-order chi connectivity index (χ1) is 12.7. The molecular formula is C22H24IrNO3-. The van der Waals surface area contributed by atoms with Crippen LogP contribution in [0, 0.1) is 17.9 Å². The molecule has 0 saturated heterocycles. The van der Waals surface area contributed by atoms with E-state index in [2.05, 4.69) is 11.1 Å². The van der Waals surface area contributed by atoms with Gasteiger partial charge in [0.15, 0.2) is 0 Å². The molecule has 5 rings (SSSR count). The van der Waals surface area contributed by atoms with Gasteiger partial charge in [-0.2, -0.15) is 0 Å². The normalized spacial score (nSPS) is 26.6. The van der Waals surface area contributed by atoms with Crippen molar-refractivity contribution in [3.63, 3.8) is 0 Å². The maximum atomic E-state index is 9.59. The van der Waals surface area contributed by atoms with Crippen molar-refractivity contribution >= 4 is 11.0 Å². The molecule has 2 heterocycles. The van der Waals surface area contributed by atoms with Crippen LogP contribution in [0.15, 0.2) is 53.1 Å². The van der Waals surface area contributed by atoms with Crippen molar-refractivity contribution in [3.05, 3.63) is 54.7 Å². The monoisotopic (exact) mass is 543 g/mol. The summed E-state index contributed by atoms with van der Waals surface area (Å²) in [6.07, 6.45) is 6.62. The number of aliphatic hydroxyl groups excluding tert-OH is 2. The number of fused-ring (bicyclic) bond motifs is 2. The SMILES string of the molecule is OC1CCCC2CCC(O)C12.[Ir].[c-]1c(-c2ccccn2)oc2ccccc12. The molecule has 0 amide bonds. The van der Waals surface area contributed by atoms with E-state index in [9.17, 15) is 10.2 Å². The smallest absolute Gasteiger partial charge is 0.0595 e. The van der Waals surface area contributed by atoms with Crippen molar-refractivity contribution in [2.75, 3.05) is 0 Å². The summed E-state index contributed by atoms with van der Waals surface area (Å²) in [7, 11) is 0. The van der Waals surface area contributed by atoms with Gasteiger partial charge in [0.25, 0.3) is 0 Å². The number of aromatic nitrogens is 1. The minimum Gasteiger partial charge on any atom is -0.518 e. The van der Waals surface area contributed by atoms with Crippen LogP contribution >= 0.6 is 0 Å². The molecule has 2 fully saturated rings. The Balaban J connectivity index is 0.000000157. The van der Waals surface area contributed by atoms with E-state index < -0.39 is 0 Å². The summed E-state index contributed by atoms with van der Waals surface area (Å²) in [5.41, 5.74) is 1.66. The maximum absolute atomic E-state index is 9.59. The fourth-order valence-electron chi connectivity index (χ4n) is 4.30. The van der Waals surface area contributed by atoms with Crippen LogP contribution < -0.4 is 0 Å². The van der Waals surface area contributed by atoms with Crippen LogP contribution in [0.2, 0.25) is 0 Å². The molecule has 0 aliphatic heterocycles. The molecule has 0 spiro atoms. The van der Waals surface area contributed by atoms with Gasteiger partial charge in [0, 0.05) is 43.5 Å². The first-order valence-corrected chi connectivity index (χ1v) is 9.41. The molecule has 2 saturated carbocycles. The predicted molar refractivity (Wildman–Crippen MR) is 100 cm³/mol. The second-order valence-electron chi connectivity index (χ2n) is 7.25. The fraction of sp³-hybridized carbons (Fsp3) is 0.409. The number of pyridine rings is 1. The number of rotatable bonds is 1. The van der Waals surface area contributed by atoms with Gasteiger partial charge in [0.05, 0.1) is 18.0 Å². The van der Waals surface area contributed by atoms with Crippen LogP contribution in [-0.2, 0) is 20.1 Å². The summed E-state index contributed by atoms with van der Waals surface area (Å²) in [4.78, 5) is 4.22. The molecule has 3 aromatic rings. The Labute approximate surface area is 173 Å². The summed E-state index contributed by atoms with van der Waals surface area (Å²) in [6.45, 7) is 0. The molecule has 4 atom stereocenters. The van der Waals surface area contributed by atoms with E-state index >= 15 is 0 Å². The summed E-state index contributed by atoms with van der Waals surface area (Å²) in [5, 5.41) is 20.1. The van der Waals surface area contributed by atoms with E-state index in [0.717, 1.165) is 42.3 Å². The summed E-state index contributed by atoms with van der Waals surface area (Å²) >= 11 is 0. The van der Waals surface area contributed by atoms with Crippen LogP contribution in [0.25, 0.3) is 22.4 Å². The molecule has 145 valence electrons. The third kappa shape index (κ3) is 4.49. The van der Waals surface area contributed by atoms with Crippen LogP contribution in [0.4, 0.5) is 0 Å². The summed E-state index contributed by atoms with van der Waals surface area (Å²) < 4.78 is 5.64. The van der Waals surface area contributed by atoms with E-state index in [1.807, 2.05) is 42.5 Å². The number of furan rings is 1. The molecule has 2 N–H and O–H groups in total. The zero-order valence-electron chi connectivity index (χ0n) is 15.0. The first kappa shape index (κ1) is 20.2. The van der Waals surface area contributed by atoms with Crippen molar-refractivity contribution in [2.24, 2.45) is 11.8 Å². The van der Waals surface area contributed by atoms with Crippen molar-refractivity contribution in [1.29, 1.82) is 0 Å². The van der Waals surface area contributed by atoms with E-state index in [1.54, 1.807) is 6.20 Å². The Bertz CT molecular complexity index is 816. The Kier molecular flexibility index (Phi) is 6.83. The van der Waals surface area contributed by atoms with Gasteiger partial charge in [-0.3, -0.25) is 0 Å². The Hall–Kier alpha value is -1.52. The van der Waals surface area contributed by atoms with E-state index in [4.69, 9.17) is 4.42 Å². The second kappa shape index (κ2) is 9.11. The van der Waals surface area contributed by atoms with Gasteiger partial charge in [-0.1, -0.05) is 36.8 Å². The standard InChI is InChI=1S/C13H8NO.C9H16O2.Ir/c1-2-7-12-10(5-1)9-13(15-12)11-6-3-4-8-14-11;10-7-3-1-2-6-4-5-8(11)9(6)7;/h1-8H;6-11H,1-5H2;/q-1;;. The van der Waals surface area contributed by atoms with Gasteiger partial charge in [-0.15, -0.1) is 17.5 Å². The van der Waals surface area contributed by atoms with Crippen molar-refractivity contribution in [1.82, 2.24) is 4.98 Å². The average Bonchev–Trinajstić information content (AvgIpc) is 3.28. The van der Waals surface area contributed by atoms with Crippen molar-refractivity contribution in [2.45, 2.75) is 44.3 Å². The molecule has 0 bridgehead atoms. The van der Waals surface area contributed by atoms with Gasteiger partial charge in [-0.05, 0) is 37.7 Å². The molecule has 4 nitrogen and oxygen atoms in total. The van der Waals surface area contributed by atoms with Crippen LogP contribution in [-0.4, -0.2) is 27.4 Å². The Morgan fingerprint density at radius 1 is 0.926 bits per heavy atom. The number of hydrogen-bond donors (Lipinski definition) is 2.